The van der Waals surface area contributed by atoms with Gasteiger partial charge in [-0.1, -0.05) is 0 Å². The third kappa shape index (κ3) is 0.719. The summed E-state index contributed by atoms with van der Waals surface area (Å²) < 4.78 is 0. The molecule has 3 nitrogen and oxygen atoms in total. The molecule has 0 unspecified atom stereocenters. The van der Waals surface area contributed by atoms with Crippen LogP contribution in [0.25, 0.3) is 11.4 Å². The molecular formula is C7H5N3. The minimum absolute atomic E-state index is 0.887. The largest absolute Gasteiger partial charge is 0.265 e. The Balaban J connectivity index is 2.74. The lowest BCUT2D eigenvalue weighted by Gasteiger charge is -1.80. The van der Waals surface area contributed by atoms with E-state index in [0.717, 1.165) is 11.4 Å². The lowest BCUT2D eigenvalue weighted by atomic mass is 10.3. The van der Waals surface area contributed by atoms with Gasteiger partial charge in [-0.2, -0.15) is 0 Å². The van der Waals surface area contributed by atoms with Gasteiger partial charge in [-0.15, -0.1) is 0 Å². The van der Waals surface area contributed by atoms with Gasteiger partial charge in [-0.25, -0.2) is 9.97 Å². The second-order valence-electron chi connectivity index (χ2n) is 1.92. The Morgan fingerprint density at radius 3 is 2.10 bits per heavy atom. The maximum atomic E-state index is 4.01. The number of aromatic nitrogens is 3. The standard InChI is InChI=1S/C7H5N3/c1-3-8-4-2-7-6(1)9-5-10-7/h1-5H. The molecule has 0 saturated heterocycles. The molecule has 0 aromatic heterocycles. The van der Waals surface area contributed by atoms with Crippen molar-refractivity contribution in [3.63, 3.8) is 0 Å². The molecule has 0 aliphatic carbocycles. The van der Waals surface area contributed by atoms with Gasteiger partial charge in [0.15, 0.2) is 0 Å². The fourth-order valence-electron chi connectivity index (χ4n) is 0.819. The first-order valence-electron chi connectivity index (χ1n) is 2.97. The molecule has 0 aromatic rings. The van der Waals surface area contributed by atoms with Crippen molar-refractivity contribution in [1.29, 1.82) is 0 Å². The van der Waals surface area contributed by atoms with Crippen molar-refractivity contribution in [1.82, 2.24) is 15.0 Å². The van der Waals surface area contributed by atoms with Crippen molar-refractivity contribution in [2.45, 2.75) is 0 Å². The molecule has 0 radical (unpaired) electrons. The van der Waals surface area contributed by atoms with Gasteiger partial charge in [0.1, 0.15) is 6.33 Å². The minimum atomic E-state index is 0.887. The SMILES string of the molecule is c1cc2ncnc-2ccn1. The predicted octanol–water partition coefficient (Wildman–Crippen LogP) is 0.976. The molecule has 3 heteroatoms. The fourth-order valence-corrected chi connectivity index (χ4v) is 0.819. The monoisotopic (exact) mass is 131 g/mol. The van der Waals surface area contributed by atoms with Crippen molar-refractivity contribution >= 4 is 0 Å². The Labute approximate surface area is 58.1 Å². The first-order chi connectivity index (χ1) is 4.97. The van der Waals surface area contributed by atoms with Crippen molar-refractivity contribution < 1.29 is 0 Å². The highest BCUT2D eigenvalue weighted by Crippen LogP contribution is 2.11. The number of hydrogen-bond acceptors (Lipinski definition) is 3. The van der Waals surface area contributed by atoms with Crippen molar-refractivity contribution in [2.24, 2.45) is 0 Å². The van der Waals surface area contributed by atoms with Crippen LogP contribution in [0.15, 0.2) is 30.9 Å². The zero-order valence-electron chi connectivity index (χ0n) is 5.23. The molecule has 10 heavy (non-hydrogen) atoms. The van der Waals surface area contributed by atoms with Crippen molar-refractivity contribution in [2.75, 3.05) is 0 Å². The normalized spacial score (nSPS) is 10.0. The van der Waals surface area contributed by atoms with E-state index in [0.29, 0.717) is 0 Å². The van der Waals surface area contributed by atoms with E-state index in [1.165, 1.54) is 0 Å². The number of fused-ring (bicyclic) bond motifs is 1. The zero-order valence-corrected chi connectivity index (χ0v) is 5.23. The average Bonchev–Trinajstić information content (AvgIpc) is 2.28. The molecule has 0 aromatic carbocycles. The van der Waals surface area contributed by atoms with Crippen LogP contribution in [0.1, 0.15) is 0 Å². The molecule has 0 fully saturated rings. The van der Waals surface area contributed by atoms with E-state index in [1.54, 1.807) is 18.7 Å². The predicted molar refractivity (Wildman–Crippen MR) is 36.4 cm³/mol. The molecule has 0 saturated carbocycles. The van der Waals surface area contributed by atoms with Crippen LogP contribution in [0.5, 0.6) is 0 Å². The van der Waals surface area contributed by atoms with E-state index in [2.05, 4.69) is 15.0 Å². The van der Waals surface area contributed by atoms with E-state index in [1.807, 2.05) is 12.1 Å². The Morgan fingerprint density at radius 2 is 1.50 bits per heavy atom. The maximum absolute atomic E-state index is 4.01. The van der Waals surface area contributed by atoms with Gasteiger partial charge in [-0.05, 0) is 12.1 Å². The first kappa shape index (κ1) is 5.29. The molecule has 0 bridgehead atoms. The second-order valence-corrected chi connectivity index (χ2v) is 1.92. The van der Waals surface area contributed by atoms with Crippen molar-refractivity contribution in [3.05, 3.63) is 30.9 Å². The van der Waals surface area contributed by atoms with Crippen LogP contribution in [0.2, 0.25) is 0 Å². The molecule has 48 valence electrons. The summed E-state index contributed by atoms with van der Waals surface area (Å²) in [5.41, 5.74) is 1.77. The lowest BCUT2D eigenvalue weighted by Crippen LogP contribution is -1.67. The van der Waals surface area contributed by atoms with Gasteiger partial charge in [0, 0.05) is 12.4 Å². The summed E-state index contributed by atoms with van der Waals surface area (Å²) in [5, 5.41) is 0. The van der Waals surface area contributed by atoms with Crippen LogP contribution in [-0.2, 0) is 0 Å². The molecule has 0 amide bonds. The molecule has 2 heterocycles. The second kappa shape index (κ2) is 2.02. The minimum Gasteiger partial charge on any atom is -0.265 e. The Kier molecular flexibility index (Phi) is 1.07. The summed E-state index contributed by atoms with van der Waals surface area (Å²) >= 11 is 0. The summed E-state index contributed by atoms with van der Waals surface area (Å²) in [5.74, 6) is 0. The van der Waals surface area contributed by atoms with E-state index >= 15 is 0 Å². The highest BCUT2D eigenvalue weighted by molar-refractivity contribution is 5.53. The first-order valence-corrected chi connectivity index (χ1v) is 2.97. The summed E-state index contributed by atoms with van der Waals surface area (Å²) in [4.78, 5) is 11.9. The Hall–Kier alpha value is -1.51. The molecule has 2 rings (SSSR count). The number of rotatable bonds is 0. The smallest absolute Gasteiger partial charge is 0.116 e. The fraction of sp³-hybridized carbons (Fsp3) is 0. The number of imidazole rings is 1. The molecule has 0 atom stereocenters. The average molecular weight is 131 g/mol. The number of nitrogens with zero attached hydrogens (tertiary/aromatic N) is 3. The highest BCUT2D eigenvalue weighted by Gasteiger charge is 1.99. The van der Waals surface area contributed by atoms with Gasteiger partial charge in [-0.3, -0.25) is 4.98 Å². The molecule has 0 spiro atoms. The van der Waals surface area contributed by atoms with Crippen LogP contribution in [0.3, 0.4) is 0 Å². The van der Waals surface area contributed by atoms with E-state index < -0.39 is 0 Å². The van der Waals surface area contributed by atoms with Crippen LogP contribution < -0.4 is 0 Å². The van der Waals surface area contributed by atoms with Gasteiger partial charge in [0.2, 0.25) is 0 Å². The van der Waals surface area contributed by atoms with Crippen LogP contribution in [0.4, 0.5) is 0 Å². The van der Waals surface area contributed by atoms with Gasteiger partial charge in [0.05, 0.1) is 11.4 Å². The van der Waals surface area contributed by atoms with Crippen LogP contribution in [-0.4, -0.2) is 15.0 Å². The summed E-state index contributed by atoms with van der Waals surface area (Å²) in [6, 6.07) is 3.67. The Bertz CT molecular complexity index is 280. The summed E-state index contributed by atoms with van der Waals surface area (Å²) in [7, 11) is 0. The molecule has 0 N–H and O–H groups in total. The molecular weight excluding hydrogens is 126 g/mol. The number of hydrogen-bond donors (Lipinski definition) is 0. The highest BCUT2D eigenvalue weighted by atomic mass is 14.9. The Morgan fingerprint density at radius 1 is 0.900 bits per heavy atom. The zero-order chi connectivity index (χ0) is 6.81. The summed E-state index contributed by atoms with van der Waals surface area (Å²) in [6.07, 6.45) is 4.96. The van der Waals surface area contributed by atoms with E-state index in [4.69, 9.17) is 0 Å². The van der Waals surface area contributed by atoms with Crippen LogP contribution >= 0.6 is 0 Å². The van der Waals surface area contributed by atoms with Crippen LogP contribution in [0, 0.1) is 0 Å². The third-order valence-electron chi connectivity index (χ3n) is 1.29. The maximum Gasteiger partial charge on any atom is 0.116 e. The quantitative estimate of drug-likeness (QED) is 0.534. The lowest BCUT2D eigenvalue weighted by molar-refractivity contribution is 1.31. The molecule has 2 aliphatic heterocycles. The van der Waals surface area contributed by atoms with Gasteiger partial charge < -0.3 is 0 Å². The third-order valence-corrected chi connectivity index (χ3v) is 1.29. The van der Waals surface area contributed by atoms with Gasteiger partial charge >= 0.3 is 0 Å². The van der Waals surface area contributed by atoms with Crippen molar-refractivity contribution in [3.8, 4) is 11.4 Å². The van der Waals surface area contributed by atoms with E-state index in [-0.39, 0.29) is 0 Å². The molecule has 2 aliphatic rings. The summed E-state index contributed by atoms with van der Waals surface area (Å²) in [6.45, 7) is 0. The van der Waals surface area contributed by atoms with E-state index in [9.17, 15) is 0 Å². The van der Waals surface area contributed by atoms with Gasteiger partial charge in [0.25, 0.3) is 0 Å². The topological polar surface area (TPSA) is 38.7 Å².